The Labute approximate surface area is 199 Å². The Balaban J connectivity index is 1.70. The van der Waals surface area contributed by atoms with E-state index in [2.05, 4.69) is 15.2 Å². The first-order chi connectivity index (χ1) is 15.7. The van der Waals surface area contributed by atoms with Crippen molar-refractivity contribution in [1.82, 2.24) is 19.9 Å². The number of benzene rings is 1. The number of carbonyl (C=O) groups is 1. The van der Waals surface area contributed by atoms with Crippen molar-refractivity contribution in [3.05, 3.63) is 52.2 Å². The molecule has 34 heavy (non-hydrogen) atoms. The lowest BCUT2D eigenvalue weighted by atomic mass is 9.95. The smallest absolute Gasteiger partial charge is 0.334 e. The molecule has 0 spiro atoms. The van der Waals surface area contributed by atoms with Gasteiger partial charge in [-0.25, -0.2) is 22.6 Å². The summed E-state index contributed by atoms with van der Waals surface area (Å²) >= 11 is 6.24. The van der Waals surface area contributed by atoms with E-state index < -0.39 is 40.5 Å². The van der Waals surface area contributed by atoms with Gasteiger partial charge in [0.05, 0.1) is 5.41 Å². The molecule has 0 atom stereocenters. The van der Waals surface area contributed by atoms with Gasteiger partial charge in [-0.15, -0.1) is 0 Å². The molecule has 1 saturated carbocycles. The average Bonchev–Trinajstić information content (AvgIpc) is 3.16. The summed E-state index contributed by atoms with van der Waals surface area (Å²) in [7, 11) is 0. The van der Waals surface area contributed by atoms with Crippen LogP contribution in [-0.2, 0) is 20.5 Å². The third-order valence-corrected chi connectivity index (χ3v) is 5.97. The van der Waals surface area contributed by atoms with Crippen molar-refractivity contribution in [2.45, 2.75) is 70.4 Å². The molecule has 7 nitrogen and oxygen atoms in total. The molecule has 1 aliphatic carbocycles. The van der Waals surface area contributed by atoms with Crippen molar-refractivity contribution in [2.24, 2.45) is 0 Å². The second-order valence-corrected chi connectivity index (χ2v) is 10.3. The molecule has 0 radical (unpaired) electrons. The number of esters is 1. The van der Waals surface area contributed by atoms with Gasteiger partial charge in [-0.2, -0.15) is 10.1 Å². The van der Waals surface area contributed by atoms with Crippen LogP contribution in [0.25, 0.3) is 11.6 Å². The lowest BCUT2D eigenvalue weighted by molar-refractivity contribution is -0.165. The summed E-state index contributed by atoms with van der Waals surface area (Å²) in [6, 6.07) is 5.21. The molecule has 0 unspecified atom stereocenters. The Bertz CT molecular complexity index is 1240. The highest BCUT2D eigenvalue weighted by atomic mass is 35.5. The molecule has 0 aliphatic heterocycles. The minimum atomic E-state index is -2.92. The molecule has 182 valence electrons. The van der Waals surface area contributed by atoms with Crippen LogP contribution in [0.1, 0.15) is 71.0 Å². The number of aromatic nitrogens is 4. The highest BCUT2D eigenvalue weighted by molar-refractivity contribution is 6.31. The number of rotatable bonds is 6. The third kappa shape index (κ3) is 4.31. The van der Waals surface area contributed by atoms with Gasteiger partial charge in [0.1, 0.15) is 17.1 Å². The van der Waals surface area contributed by atoms with E-state index in [1.807, 2.05) is 0 Å². The standard InChI is InChI=1S/C23H24ClF3N4O3/c1-21(2,3)33-20(32)22(4,5)31-16(17(26)27)11-15(29-31)18-28-19(30-34-18)23(8-9-23)13-7-6-12(25)10-14(13)24/h6-7,10-11,17H,8-9H2,1-5H3. The number of halogens is 4. The Kier molecular flexibility index (Phi) is 5.78. The van der Waals surface area contributed by atoms with E-state index in [1.165, 1.54) is 26.0 Å². The molecular weight excluding hydrogens is 473 g/mol. The molecule has 2 aromatic heterocycles. The summed E-state index contributed by atoms with van der Waals surface area (Å²) in [4.78, 5) is 17.1. The number of nitrogens with zero attached hydrogens (tertiary/aromatic N) is 4. The molecular formula is C23H24ClF3N4O3. The van der Waals surface area contributed by atoms with Crippen LogP contribution >= 0.6 is 11.6 Å². The lowest BCUT2D eigenvalue weighted by Crippen LogP contribution is -2.42. The van der Waals surface area contributed by atoms with Crippen molar-refractivity contribution in [1.29, 1.82) is 0 Å². The van der Waals surface area contributed by atoms with Crippen LogP contribution in [0.3, 0.4) is 0 Å². The zero-order chi connectivity index (χ0) is 25.1. The molecule has 4 rings (SSSR count). The van der Waals surface area contributed by atoms with Crippen molar-refractivity contribution >= 4 is 17.6 Å². The summed E-state index contributed by atoms with van der Waals surface area (Å²) < 4.78 is 52.9. The van der Waals surface area contributed by atoms with Gasteiger partial charge in [0.15, 0.2) is 17.1 Å². The maximum absolute atomic E-state index is 13.9. The van der Waals surface area contributed by atoms with E-state index in [-0.39, 0.29) is 16.6 Å². The van der Waals surface area contributed by atoms with Gasteiger partial charge >= 0.3 is 5.97 Å². The molecule has 0 amide bonds. The summed E-state index contributed by atoms with van der Waals surface area (Å²) in [6.45, 7) is 7.94. The van der Waals surface area contributed by atoms with Gasteiger partial charge < -0.3 is 9.26 Å². The second kappa shape index (κ2) is 8.11. The maximum Gasteiger partial charge on any atom is 0.334 e. The summed E-state index contributed by atoms with van der Waals surface area (Å²) in [6.07, 6.45) is -1.59. The zero-order valence-corrected chi connectivity index (χ0v) is 20.1. The number of hydrogen-bond acceptors (Lipinski definition) is 6. The van der Waals surface area contributed by atoms with E-state index in [0.29, 0.717) is 24.2 Å². The summed E-state index contributed by atoms with van der Waals surface area (Å²) in [5.74, 6) is -0.961. The van der Waals surface area contributed by atoms with Crippen LogP contribution in [0.15, 0.2) is 28.8 Å². The summed E-state index contributed by atoms with van der Waals surface area (Å²) in [5.41, 5.74) is -2.82. The first-order valence-electron chi connectivity index (χ1n) is 10.7. The summed E-state index contributed by atoms with van der Waals surface area (Å²) in [5, 5.41) is 8.48. The van der Waals surface area contributed by atoms with Crippen molar-refractivity contribution < 1.29 is 27.2 Å². The first-order valence-corrected chi connectivity index (χ1v) is 11.0. The predicted molar refractivity (Wildman–Crippen MR) is 117 cm³/mol. The number of carbonyl (C=O) groups excluding carboxylic acids is 1. The SMILES string of the molecule is CC(C)(C)OC(=O)C(C)(C)n1nc(-c2nc(C3(c4ccc(F)cc4Cl)CC3)no2)cc1C(F)F. The molecule has 0 saturated heterocycles. The normalized spacial score (nSPS) is 15.6. The topological polar surface area (TPSA) is 83.0 Å². The molecule has 1 aliphatic rings. The second-order valence-electron chi connectivity index (χ2n) is 9.86. The van der Waals surface area contributed by atoms with E-state index in [1.54, 1.807) is 26.8 Å². The van der Waals surface area contributed by atoms with Crippen molar-refractivity contribution in [3.8, 4) is 11.6 Å². The molecule has 1 fully saturated rings. The predicted octanol–water partition coefficient (Wildman–Crippen LogP) is 5.82. The van der Waals surface area contributed by atoms with Crippen LogP contribution in [-0.4, -0.2) is 31.5 Å². The Morgan fingerprint density at radius 1 is 1.21 bits per heavy atom. The van der Waals surface area contributed by atoms with Gasteiger partial charge in [0, 0.05) is 5.02 Å². The molecule has 2 heterocycles. The minimum Gasteiger partial charge on any atom is -0.458 e. The van der Waals surface area contributed by atoms with E-state index in [0.717, 1.165) is 10.7 Å². The van der Waals surface area contributed by atoms with Crippen LogP contribution in [0, 0.1) is 5.82 Å². The van der Waals surface area contributed by atoms with Crippen LogP contribution in [0.2, 0.25) is 5.02 Å². The first kappa shape index (κ1) is 24.3. The Morgan fingerprint density at radius 2 is 1.88 bits per heavy atom. The van der Waals surface area contributed by atoms with E-state index >= 15 is 0 Å². The van der Waals surface area contributed by atoms with Gasteiger partial charge in [0.25, 0.3) is 12.3 Å². The number of hydrogen-bond donors (Lipinski definition) is 0. The zero-order valence-electron chi connectivity index (χ0n) is 19.3. The van der Waals surface area contributed by atoms with Crippen LogP contribution in [0.5, 0.6) is 0 Å². The van der Waals surface area contributed by atoms with Gasteiger partial charge in [-0.3, -0.25) is 0 Å². The van der Waals surface area contributed by atoms with Gasteiger partial charge in [-0.05, 0) is 71.2 Å². The van der Waals surface area contributed by atoms with Gasteiger partial charge in [0.2, 0.25) is 0 Å². The van der Waals surface area contributed by atoms with Crippen LogP contribution < -0.4 is 0 Å². The highest BCUT2D eigenvalue weighted by Crippen LogP contribution is 2.54. The molecule has 11 heteroatoms. The molecule has 0 bridgehead atoms. The van der Waals surface area contributed by atoms with Crippen LogP contribution in [0.4, 0.5) is 13.2 Å². The fraction of sp³-hybridized carbons (Fsp3) is 0.478. The lowest BCUT2D eigenvalue weighted by Gasteiger charge is -2.29. The quantitative estimate of drug-likeness (QED) is 0.400. The van der Waals surface area contributed by atoms with Crippen molar-refractivity contribution in [3.63, 3.8) is 0 Å². The fourth-order valence-corrected chi connectivity index (χ4v) is 4.08. The maximum atomic E-state index is 13.9. The van der Waals surface area contributed by atoms with E-state index in [4.69, 9.17) is 20.9 Å². The molecule has 0 N–H and O–H groups in total. The largest absolute Gasteiger partial charge is 0.458 e. The Hall–Kier alpha value is -2.88. The van der Waals surface area contributed by atoms with Crippen molar-refractivity contribution in [2.75, 3.05) is 0 Å². The monoisotopic (exact) mass is 496 g/mol. The molecule has 3 aromatic rings. The average molecular weight is 497 g/mol. The molecule has 1 aromatic carbocycles. The van der Waals surface area contributed by atoms with E-state index in [9.17, 15) is 18.0 Å². The van der Waals surface area contributed by atoms with Gasteiger partial charge in [-0.1, -0.05) is 22.8 Å². The highest BCUT2D eigenvalue weighted by Gasteiger charge is 2.51. The Morgan fingerprint density at radius 3 is 2.44 bits per heavy atom. The number of alkyl halides is 2. The number of ether oxygens (including phenoxy) is 1. The fourth-order valence-electron chi connectivity index (χ4n) is 3.73. The third-order valence-electron chi connectivity index (χ3n) is 5.66. The minimum absolute atomic E-state index is 0.00770.